The molecule has 246 valence electrons. The summed E-state index contributed by atoms with van der Waals surface area (Å²) in [4.78, 5) is 21.7. The van der Waals surface area contributed by atoms with Gasteiger partial charge in [-0.1, -0.05) is 80.6 Å². The average Bonchev–Trinajstić information content (AvgIpc) is 3.60. The van der Waals surface area contributed by atoms with Gasteiger partial charge in [-0.2, -0.15) is 5.26 Å². The van der Waals surface area contributed by atoms with E-state index in [-0.39, 0.29) is 11.8 Å². The van der Waals surface area contributed by atoms with E-state index in [9.17, 15) is 10.1 Å². The largest absolute Gasteiger partial charge is 0.491 e. The third-order valence-corrected chi connectivity index (χ3v) is 9.67. The van der Waals surface area contributed by atoms with Crippen LogP contribution in [0.2, 0.25) is 0 Å². The molecular weight excluding hydrogens is 588 g/mol. The van der Waals surface area contributed by atoms with Crippen LogP contribution in [0.15, 0.2) is 91.7 Å². The Bertz CT molecular complexity index is 1640. The maximum absolute atomic E-state index is 14.0. The van der Waals surface area contributed by atoms with Crippen LogP contribution in [0.25, 0.3) is 0 Å². The molecule has 0 spiro atoms. The van der Waals surface area contributed by atoms with Crippen molar-refractivity contribution >= 4 is 11.9 Å². The Labute approximate surface area is 278 Å². The number of amides is 1. The molecule has 47 heavy (non-hydrogen) atoms. The van der Waals surface area contributed by atoms with E-state index in [1.807, 2.05) is 80.6 Å². The average molecular weight is 635 g/mol. The van der Waals surface area contributed by atoms with Crippen molar-refractivity contribution in [1.29, 1.82) is 5.26 Å². The van der Waals surface area contributed by atoms with Gasteiger partial charge in [-0.25, -0.2) is 4.98 Å². The molecular formula is C39H46N4O4. The third kappa shape index (κ3) is 6.56. The second-order valence-electron chi connectivity index (χ2n) is 12.6. The molecule has 2 aliphatic rings. The van der Waals surface area contributed by atoms with E-state index in [1.54, 1.807) is 6.20 Å². The number of aromatic amines is 1. The Hall–Kier alpha value is -4.45. The molecule has 1 aromatic heterocycles. The van der Waals surface area contributed by atoms with Crippen LogP contribution in [0.5, 0.6) is 5.75 Å². The molecule has 0 radical (unpaired) electrons. The Morgan fingerprint density at radius 1 is 1.11 bits per heavy atom. The highest BCUT2D eigenvalue weighted by molar-refractivity contribution is 5.96. The maximum Gasteiger partial charge on any atom is 0.233 e. The van der Waals surface area contributed by atoms with Gasteiger partial charge in [0, 0.05) is 30.1 Å². The van der Waals surface area contributed by atoms with E-state index in [1.165, 1.54) is 0 Å². The molecule has 2 aliphatic carbocycles. The quantitative estimate of drug-likeness (QED) is 0.0909. The van der Waals surface area contributed by atoms with Crippen LogP contribution in [0.3, 0.4) is 0 Å². The number of rotatable bonds is 17. The molecule has 0 bridgehead atoms. The van der Waals surface area contributed by atoms with Crippen LogP contribution in [-0.2, 0) is 26.1 Å². The predicted octanol–water partition coefficient (Wildman–Crippen LogP) is 7.42. The molecule has 1 heterocycles. The first kappa shape index (κ1) is 33.9. The first-order valence-corrected chi connectivity index (χ1v) is 16.5. The molecule has 2 aromatic carbocycles. The highest BCUT2D eigenvalue weighted by Crippen LogP contribution is 2.77. The van der Waals surface area contributed by atoms with Gasteiger partial charge in [-0.15, -0.1) is 6.58 Å². The van der Waals surface area contributed by atoms with Gasteiger partial charge in [-0.3, -0.25) is 10.1 Å². The minimum absolute atomic E-state index is 0.118. The van der Waals surface area contributed by atoms with Crippen molar-refractivity contribution in [2.75, 3.05) is 38.4 Å². The number of imidazole rings is 1. The Balaban J connectivity index is 1.20. The molecule has 2 N–H and O–H groups in total. The third-order valence-electron chi connectivity index (χ3n) is 9.67. The summed E-state index contributed by atoms with van der Waals surface area (Å²) >= 11 is 0. The van der Waals surface area contributed by atoms with Crippen LogP contribution in [0, 0.1) is 22.2 Å². The molecule has 1 fully saturated rings. The number of benzene rings is 2. The fraction of sp³-hybridized carbons (Fsp3) is 0.410. The molecule has 0 saturated heterocycles. The van der Waals surface area contributed by atoms with Gasteiger partial charge < -0.3 is 19.2 Å². The second-order valence-corrected chi connectivity index (χ2v) is 12.6. The van der Waals surface area contributed by atoms with Crippen molar-refractivity contribution in [1.82, 2.24) is 9.97 Å². The van der Waals surface area contributed by atoms with E-state index in [0.717, 1.165) is 41.2 Å². The molecule has 1 saturated carbocycles. The number of hydrogen-bond donors (Lipinski definition) is 2. The van der Waals surface area contributed by atoms with Crippen LogP contribution in [0.1, 0.15) is 68.3 Å². The Morgan fingerprint density at radius 2 is 1.85 bits per heavy atom. The van der Waals surface area contributed by atoms with Crippen molar-refractivity contribution in [3.05, 3.63) is 114 Å². The molecule has 0 aliphatic heterocycles. The fourth-order valence-corrected chi connectivity index (χ4v) is 7.55. The van der Waals surface area contributed by atoms with Crippen molar-refractivity contribution in [3.8, 4) is 11.8 Å². The molecule has 5 rings (SSSR count). The van der Waals surface area contributed by atoms with Crippen LogP contribution < -0.4 is 10.1 Å². The molecule has 4 unspecified atom stereocenters. The standard InChI is InChI=1S/C39H46N4O4/c1-5-8-9-12-19-39(28-40)33-14-11-10-13-32(33)34-37(4,27-38(34,39)7-3)35(44)43-36-41-26-30(42-36)25-29-15-17-31(18-16-29)47-24-23-46-22-21-45-20-6-2/h5,7-18,26,34H,3,6,19-25,27H2,1-2,4H3,(H2,41,42,43,44)/b8-5-,12-9-. The van der Waals surface area contributed by atoms with Crippen molar-refractivity contribution in [3.63, 3.8) is 0 Å². The number of hydrogen-bond acceptors (Lipinski definition) is 6. The lowest BCUT2D eigenvalue weighted by Gasteiger charge is -2.60. The zero-order valence-corrected chi connectivity index (χ0v) is 27.8. The number of H-pyrrole nitrogens is 1. The number of nitriles is 1. The van der Waals surface area contributed by atoms with Crippen molar-refractivity contribution in [2.24, 2.45) is 10.8 Å². The number of ether oxygens (including phenoxy) is 3. The number of nitrogens with zero attached hydrogens (tertiary/aromatic N) is 2. The number of carbonyl (C=O) groups is 1. The lowest BCUT2D eigenvalue weighted by Crippen LogP contribution is -2.61. The van der Waals surface area contributed by atoms with Crippen molar-refractivity contribution in [2.45, 2.75) is 57.8 Å². The van der Waals surface area contributed by atoms with Crippen LogP contribution >= 0.6 is 0 Å². The normalized spacial score (nSPS) is 24.4. The van der Waals surface area contributed by atoms with Crippen LogP contribution in [-0.4, -0.2) is 48.9 Å². The molecule has 8 heteroatoms. The van der Waals surface area contributed by atoms with E-state index < -0.39 is 16.2 Å². The SMILES string of the molecule is C=CC12CC(C)(C(=O)Nc3ncc(Cc4ccc(OCCOCCOCCC)cc4)[nH]3)C1c1ccccc1C2(C#N)C/C=C\C=C/C. The van der Waals surface area contributed by atoms with Crippen molar-refractivity contribution < 1.29 is 19.0 Å². The summed E-state index contributed by atoms with van der Waals surface area (Å²) in [5.74, 6) is 0.895. The zero-order valence-electron chi connectivity index (χ0n) is 27.8. The van der Waals surface area contributed by atoms with E-state index in [2.05, 4.69) is 47.0 Å². The Morgan fingerprint density at radius 3 is 2.57 bits per heavy atom. The molecule has 1 amide bonds. The van der Waals surface area contributed by atoms with Gasteiger partial charge in [0.05, 0.1) is 42.9 Å². The summed E-state index contributed by atoms with van der Waals surface area (Å²) in [5.41, 5.74) is 1.91. The summed E-state index contributed by atoms with van der Waals surface area (Å²) in [6.45, 7) is 13.2. The summed E-state index contributed by atoms with van der Waals surface area (Å²) in [7, 11) is 0. The summed E-state index contributed by atoms with van der Waals surface area (Å²) in [6, 6.07) is 18.7. The smallest absolute Gasteiger partial charge is 0.233 e. The number of allylic oxidation sites excluding steroid dienone is 5. The van der Waals surface area contributed by atoms with E-state index >= 15 is 0 Å². The molecule has 8 nitrogen and oxygen atoms in total. The molecule has 4 atom stereocenters. The minimum Gasteiger partial charge on any atom is -0.491 e. The van der Waals surface area contributed by atoms with Gasteiger partial charge in [-0.05, 0) is 55.0 Å². The Kier molecular flexibility index (Phi) is 10.8. The summed E-state index contributed by atoms with van der Waals surface area (Å²) < 4.78 is 16.7. The lowest BCUT2D eigenvalue weighted by molar-refractivity contribution is -0.142. The van der Waals surface area contributed by atoms with Gasteiger partial charge in [0.2, 0.25) is 11.9 Å². The highest BCUT2D eigenvalue weighted by Gasteiger charge is 2.75. The van der Waals surface area contributed by atoms with Gasteiger partial charge in [0.1, 0.15) is 12.4 Å². The first-order valence-electron chi connectivity index (χ1n) is 16.5. The van der Waals surface area contributed by atoms with Gasteiger partial charge >= 0.3 is 0 Å². The number of aromatic nitrogens is 2. The number of fused-ring (bicyclic) bond motifs is 3. The van der Waals surface area contributed by atoms with Gasteiger partial charge in [0.25, 0.3) is 0 Å². The fourth-order valence-electron chi connectivity index (χ4n) is 7.55. The second kappa shape index (κ2) is 15.0. The summed E-state index contributed by atoms with van der Waals surface area (Å²) in [6.07, 6.45) is 14.3. The predicted molar refractivity (Wildman–Crippen MR) is 184 cm³/mol. The van der Waals surface area contributed by atoms with Crippen LogP contribution in [0.4, 0.5) is 5.95 Å². The van der Waals surface area contributed by atoms with Gasteiger partial charge in [0.15, 0.2) is 0 Å². The monoisotopic (exact) mass is 634 g/mol. The lowest BCUT2D eigenvalue weighted by atomic mass is 9.40. The maximum atomic E-state index is 14.0. The van der Waals surface area contributed by atoms with E-state index in [4.69, 9.17) is 14.2 Å². The number of nitrogens with one attached hydrogen (secondary N) is 2. The van der Waals surface area contributed by atoms with E-state index in [0.29, 0.717) is 51.6 Å². The highest BCUT2D eigenvalue weighted by atomic mass is 16.5. The number of carbonyl (C=O) groups excluding carboxylic acids is 1. The first-order chi connectivity index (χ1) is 22.9. The topological polar surface area (TPSA) is 109 Å². The minimum atomic E-state index is -0.802. The number of anilines is 1. The zero-order chi connectivity index (χ0) is 33.3. The molecule has 3 aromatic rings. The summed E-state index contributed by atoms with van der Waals surface area (Å²) in [5, 5.41) is 13.8.